The van der Waals surface area contributed by atoms with E-state index in [-0.39, 0.29) is 42.7 Å². The average molecular weight is 493 g/mol. The number of carbonyl (C=O) groups is 3. The van der Waals surface area contributed by atoms with Crippen molar-refractivity contribution in [2.45, 2.75) is 75.5 Å². The number of amides is 3. The van der Waals surface area contributed by atoms with E-state index in [2.05, 4.69) is 0 Å². The number of piperidine rings is 1. The van der Waals surface area contributed by atoms with Crippen molar-refractivity contribution in [1.82, 2.24) is 9.80 Å². The van der Waals surface area contributed by atoms with Gasteiger partial charge in [0.05, 0.1) is 18.1 Å². The van der Waals surface area contributed by atoms with Crippen LogP contribution in [0.5, 0.6) is 0 Å². The van der Waals surface area contributed by atoms with Crippen molar-refractivity contribution in [1.29, 1.82) is 0 Å². The summed E-state index contributed by atoms with van der Waals surface area (Å²) < 4.78 is 20.3. The highest BCUT2D eigenvalue weighted by Gasteiger charge is 2.56. The van der Waals surface area contributed by atoms with E-state index in [0.717, 1.165) is 31.2 Å². The zero-order valence-electron chi connectivity index (χ0n) is 20.5. The Balaban J connectivity index is 1.28. The molecule has 3 aliphatic rings. The van der Waals surface area contributed by atoms with E-state index in [4.69, 9.17) is 4.74 Å². The van der Waals surface area contributed by atoms with E-state index in [0.29, 0.717) is 38.1 Å². The number of benzene rings is 2. The molecule has 7 heteroatoms. The Hall–Kier alpha value is -3.06. The highest BCUT2D eigenvalue weighted by Crippen LogP contribution is 2.43. The quantitative estimate of drug-likeness (QED) is 0.539. The van der Waals surface area contributed by atoms with E-state index in [1.165, 1.54) is 17.0 Å². The summed E-state index contributed by atoms with van der Waals surface area (Å²) in [5.74, 6) is -1.25. The fourth-order valence-corrected chi connectivity index (χ4v) is 5.98. The molecule has 2 aliphatic heterocycles. The zero-order valence-corrected chi connectivity index (χ0v) is 20.5. The van der Waals surface area contributed by atoms with Crippen LogP contribution in [0.15, 0.2) is 54.6 Å². The molecule has 0 radical (unpaired) electrons. The molecule has 2 aromatic rings. The van der Waals surface area contributed by atoms with Crippen LogP contribution >= 0.6 is 0 Å². The summed E-state index contributed by atoms with van der Waals surface area (Å²) in [7, 11) is 0. The van der Waals surface area contributed by atoms with Crippen molar-refractivity contribution in [3.05, 3.63) is 71.5 Å². The lowest BCUT2D eigenvalue weighted by Crippen LogP contribution is -2.47. The van der Waals surface area contributed by atoms with Crippen molar-refractivity contribution in [2.75, 3.05) is 13.1 Å². The van der Waals surface area contributed by atoms with Crippen LogP contribution in [0.2, 0.25) is 0 Å². The summed E-state index contributed by atoms with van der Waals surface area (Å²) in [6.45, 7) is 1.60. The van der Waals surface area contributed by atoms with Crippen molar-refractivity contribution in [3.63, 3.8) is 0 Å². The summed E-state index contributed by atoms with van der Waals surface area (Å²) in [6.07, 6.45) is 4.83. The van der Waals surface area contributed by atoms with Gasteiger partial charge in [0.15, 0.2) is 0 Å². The van der Waals surface area contributed by atoms with Crippen LogP contribution < -0.4 is 0 Å². The van der Waals surface area contributed by atoms with Crippen molar-refractivity contribution < 1.29 is 23.5 Å². The summed E-state index contributed by atoms with van der Waals surface area (Å²) in [4.78, 5) is 43.6. The maximum atomic E-state index is 14.2. The van der Waals surface area contributed by atoms with Gasteiger partial charge in [0.2, 0.25) is 17.7 Å². The lowest BCUT2D eigenvalue weighted by molar-refractivity contribution is -0.145. The van der Waals surface area contributed by atoms with Crippen molar-refractivity contribution in [3.8, 4) is 0 Å². The third-order valence-corrected chi connectivity index (χ3v) is 7.99. The van der Waals surface area contributed by atoms with Gasteiger partial charge in [-0.3, -0.25) is 19.3 Å². The van der Waals surface area contributed by atoms with Gasteiger partial charge in [-0.1, -0.05) is 55.3 Å². The molecule has 0 spiro atoms. The molecule has 3 amide bonds. The first kappa shape index (κ1) is 24.6. The average Bonchev–Trinajstić information content (AvgIpc) is 3.50. The second kappa shape index (κ2) is 10.5. The Kier molecular flexibility index (Phi) is 7.19. The smallest absolute Gasteiger partial charge is 0.241 e. The molecule has 0 bridgehead atoms. The Morgan fingerprint density at radius 1 is 0.972 bits per heavy atom. The number of rotatable bonds is 7. The Labute approximate surface area is 211 Å². The number of imide groups is 1. The standard InChI is InChI=1S/C29H33FN2O4/c30-23-10-6-9-22(17-23)29(19-27(34)32(28(29)35)24-11-4-5-12-24)18-26(33)31-15-13-25(14-16-31)36-20-21-7-2-1-3-8-21/h1-3,6-10,17,24-25H,4-5,11-16,18-20H2. The minimum atomic E-state index is -1.35. The molecule has 1 aliphatic carbocycles. The molecule has 2 heterocycles. The van der Waals surface area contributed by atoms with Crippen molar-refractivity contribution in [2.24, 2.45) is 0 Å². The molecule has 5 rings (SSSR count). The molecule has 2 aromatic carbocycles. The summed E-state index contributed by atoms with van der Waals surface area (Å²) in [6, 6.07) is 15.7. The van der Waals surface area contributed by atoms with Crippen LogP contribution in [0.4, 0.5) is 4.39 Å². The molecule has 36 heavy (non-hydrogen) atoms. The van der Waals surface area contributed by atoms with Crippen LogP contribution in [0.3, 0.4) is 0 Å². The van der Waals surface area contributed by atoms with Crippen LogP contribution in [0.1, 0.15) is 62.5 Å². The molecule has 0 aromatic heterocycles. The van der Waals surface area contributed by atoms with E-state index in [9.17, 15) is 18.8 Å². The van der Waals surface area contributed by atoms with Crippen molar-refractivity contribution >= 4 is 17.7 Å². The number of hydrogen-bond acceptors (Lipinski definition) is 4. The van der Waals surface area contributed by atoms with E-state index < -0.39 is 11.2 Å². The minimum Gasteiger partial charge on any atom is -0.373 e. The minimum absolute atomic E-state index is 0.0685. The van der Waals surface area contributed by atoms with Gasteiger partial charge in [-0.25, -0.2) is 4.39 Å². The third-order valence-electron chi connectivity index (χ3n) is 7.99. The van der Waals surface area contributed by atoms with Crippen LogP contribution in [-0.2, 0) is 31.1 Å². The Bertz CT molecular complexity index is 1110. The first-order chi connectivity index (χ1) is 17.5. The molecule has 6 nitrogen and oxygen atoms in total. The van der Waals surface area contributed by atoms with Crippen LogP contribution in [-0.4, -0.2) is 52.8 Å². The Morgan fingerprint density at radius 3 is 2.39 bits per heavy atom. The highest BCUT2D eigenvalue weighted by atomic mass is 19.1. The van der Waals surface area contributed by atoms with E-state index >= 15 is 0 Å². The third kappa shape index (κ3) is 4.94. The van der Waals surface area contributed by atoms with Gasteiger partial charge >= 0.3 is 0 Å². The van der Waals surface area contributed by atoms with Gasteiger partial charge < -0.3 is 9.64 Å². The largest absolute Gasteiger partial charge is 0.373 e. The SMILES string of the molecule is O=C(CC1(c2cccc(F)c2)CC(=O)N(C2CCCC2)C1=O)N1CCC(OCc2ccccc2)CC1. The predicted octanol–water partition coefficient (Wildman–Crippen LogP) is 4.36. The van der Waals surface area contributed by atoms with E-state index in [1.807, 2.05) is 30.3 Å². The van der Waals surface area contributed by atoms with Gasteiger partial charge in [0.25, 0.3) is 0 Å². The highest BCUT2D eigenvalue weighted by molar-refractivity contribution is 6.11. The number of hydrogen-bond donors (Lipinski definition) is 0. The normalized spacial score (nSPS) is 23.6. The fraction of sp³-hybridized carbons (Fsp3) is 0.483. The van der Waals surface area contributed by atoms with Gasteiger partial charge in [-0.2, -0.15) is 0 Å². The lowest BCUT2D eigenvalue weighted by Gasteiger charge is -2.35. The number of carbonyl (C=O) groups excluding carboxylic acids is 3. The second-order valence-electron chi connectivity index (χ2n) is 10.3. The van der Waals surface area contributed by atoms with Gasteiger partial charge in [-0.05, 0) is 48.9 Å². The summed E-state index contributed by atoms with van der Waals surface area (Å²) in [5.41, 5.74) is 0.180. The monoisotopic (exact) mass is 492 g/mol. The summed E-state index contributed by atoms with van der Waals surface area (Å²) >= 11 is 0. The lowest BCUT2D eigenvalue weighted by atomic mass is 9.75. The number of ether oxygens (including phenoxy) is 1. The van der Waals surface area contributed by atoms with E-state index in [1.54, 1.807) is 17.0 Å². The number of likely N-dealkylation sites (tertiary alicyclic amines) is 2. The molecule has 1 unspecified atom stereocenters. The Morgan fingerprint density at radius 2 is 1.69 bits per heavy atom. The zero-order chi connectivity index (χ0) is 25.1. The molecule has 1 atom stereocenters. The first-order valence-corrected chi connectivity index (χ1v) is 13.0. The molecule has 0 N–H and O–H groups in total. The predicted molar refractivity (Wildman–Crippen MR) is 132 cm³/mol. The van der Waals surface area contributed by atoms with Gasteiger partial charge in [0, 0.05) is 32.0 Å². The van der Waals surface area contributed by atoms with Crippen LogP contribution in [0.25, 0.3) is 0 Å². The molecule has 2 saturated heterocycles. The number of halogens is 1. The van der Waals surface area contributed by atoms with Gasteiger partial charge in [-0.15, -0.1) is 0 Å². The number of nitrogens with zero attached hydrogens (tertiary/aromatic N) is 2. The first-order valence-electron chi connectivity index (χ1n) is 13.0. The maximum Gasteiger partial charge on any atom is 0.241 e. The topological polar surface area (TPSA) is 66.9 Å². The molecule has 1 saturated carbocycles. The maximum absolute atomic E-state index is 14.2. The summed E-state index contributed by atoms with van der Waals surface area (Å²) in [5, 5.41) is 0. The van der Waals surface area contributed by atoms with Gasteiger partial charge in [0.1, 0.15) is 5.82 Å². The molecule has 3 fully saturated rings. The second-order valence-corrected chi connectivity index (χ2v) is 10.3. The van der Waals surface area contributed by atoms with Crippen LogP contribution in [0, 0.1) is 5.82 Å². The molecular weight excluding hydrogens is 459 g/mol. The fourth-order valence-electron chi connectivity index (χ4n) is 5.98. The molecule has 190 valence electrons. The molecular formula is C29H33FN2O4.